The number of nitrogens with zero attached hydrogens (tertiary/aromatic N) is 4. The van der Waals surface area contributed by atoms with Crippen LogP contribution in [0, 0.1) is 11.6 Å². The van der Waals surface area contributed by atoms with Crippen LogP contribution in [0.4, 0.5) is 39.3 Å². The first-order chi connectivity index (χ1) is 18.3. The molecule has 2 N–H and O–H groups in total. The van der Waals surface area contributed by atoms with Gasteiger partial charge < -0.3 is 15.0 Å². The first kappa shape index (κ1) is 24.0. The van der Waals surface area contributed by atoms with Gasteiger partial charge in [-0.05, 0) is 30.3 Å². The Balaban J connectivity index is 1.54. The molecule has 2 aromatic heterocycles. The minimum atomic E-state index is -4.63. The van der Waals surface area contributed by atoms with Gasteiger partial charge in [-0.1, -0.05) is 18.2 Å². The summed E-state index contributed by atoms with van der Waals surface area (Å²) in [4.78, 5) is 11.0. The summed E-state index contributed by atoms with van der Waals surface area (Å²) < 4.78 is 75.0. The topological polar surface area (TPSA) is 79.0 Å². The van der Waals surface area contributed by atoms with Gasteiger partial charge in [0.2, 0.25) is 0 Å². The molecule has 1 saturated heterocycles. The number of hydrogen-bond donors (Lipinski definition) is 2. The van der Waals surface area contributed by atoms with Crippen LogP contribution >= 0.6 is 0 Å². The maximum atomic E-state index is 14.3. The van der Waals surface area contributed by atoms with E-state index in [0.29, 0.717) is 37.2 Å². The fourth-order valence-corrected chi connectivity index (χ4v) is 4.53. The van der Waals surface area contributed by atoms with Crippen molar-refractivity contribution < 1.29 is 26.7 Å². The van der Waals surface area contributed by atoms with Crippen molar-refractivity contribution in [1.29, 1.82) is 0 Å². The van der Waals surface area contributed by atoms with E-state index in [-0.39, 0.29) is 33.9 Å². The van der Waals surface area contributed by atoms with E-state index in [1.54, 1.807) is 6.07 Å². The summed E-state index contributed by atoms with van der Waals surface area (Å²) in [5.41, 5.74) is 0.114. The molecule has 194 valence electrons. The van der Waals surface area contributed by atoms with Crippen LogP contribution < -0.4 is 10.2 Å². The summed E-state index contributed by atoms with van der Waals surface area (Å²) in [7, 11) is 0. The average Bonchev–Trinajstić information content (AvgIpc) is 3.31. The van der Waals surface area contributed by atoms with Crippen LogP contribution in [0.2, 0.25) is 0 Å². The van der Waals surface area contributed by atoms with Crippen LogP contribution in [0.5, 0.6) is 0 Å². The molecule has 1 aliphatic rings. The van der Waals surface area contributed by atoms with E-state index in [1.165, 1.54) is 18.2 Å². The fraction of sp³-hybridized carbons (Fsp3) is 0.192. The molecule has 1 fully saturated rings. The molecule has 0 bridgehead atoms. The third kappa shape index (κ3) is 4.36. The summed E-state index contributed by atoms with van der Waals surface area (Å²) in [5.74, 6) is -1.60. The molecule has 0 aliphatic carbocycles. The standard InChI is InChI=1S/C26H19F5N6O/c27-14-11-18-22(20(28)12-14)35-36-25(18)34-24-17-13-15(37-7-9-38-10-8-37)5-6-21(17)32-23(33-24)16-3-1-2-4-19(16)26(29,30)31/h1-6,11-13H,7-10H2,(H2,32,33,34,35,36). The molecule has 1 aliphatic heterocycles. The Morgan fingerprint density at radius 1 is 0.895 bits per heavy atom. The van der Waals surface area contributed by atoms with Gasteiger partial charge >= 0.3 is 6.18 Å². The van der Waals surface area contributed by atoms with E-state index in [2.05, 4.69) is 30.4 Å². The van der Waals surface area contributed by atoms with Crippen LogP contribution in [0.1, 0.15) is 5.56 Å². The number of ether oxygens (including phenoxy) is 1. The van der Waals surface area contributed by atoms with Gasteiger partial charge in [0.05, 0.1) is 29.7 Å². The number of fused-ring (bicyclic) bond motifs is 2. The van der Waals surface area contributed by atoms with Crippen LogP contribution in [0.15, 0.2) is 54.6 Å². The second-order valence-electron chi connectivity index (χ2n) is 8.75. The Morgan fingerprint density at radius 2 is 1.68 bits per heavy atom. The Hall–Kier alpha value is -4.32. The molecule has 0 radical (unpaired) electrons. The number of H-pyrrole nitrogens is 1. The zero-order valence-electron chi connectivity index (χ0n) is 19.6. The molecule has 3 heterocycles. The number of rotatable bonds is 4. The van der Waals surface area contributed by atoms with E-state index < -0.39 is 23.4 Å². The molecular weight excluding hydrogens is 507 g/mol. The van der Waals surface area contributed by atoms with Crippen molar-refractivity contribution in [2.45, 2.75) is 6.18 Å². The van der Waals surface area contributed by atoms with Crippen LogP contribution in [0.3, 0.4) is 0 Å². The lowest BCUT2D eigenvalue weighted by Crippen LogP contribution is -2.36. The summed E-state index contributed by atoms with van der Waals surface area (Å²) in [6, 6.07) is 12.2. The highest BCUT2D eigenvalue weighted by Crippen LogP contribution is 2.38. The van der Waals surface area contributed by atoms with Crippen molar-refractivity contribution in [2.75, 3.05) is 36.5 Å². The third-order valence-electron chi connectivity index (χ3n) is 6.36. The summed E-state index contributed by atoms with van der Waals surface area (Å²) in [5, 5.41) is 10.2. The van der Waals surface area contributed by atoms with Crippen LogP contribution in [-0.4, -0.2) is 46.5 Å². The summed E-state index contributed by atoms with van der Waals surface area (Å²) in [6.07, 6.45) is -4.63. The van der Waals surface area contributed by atoms with Gasteiger partial charge in [0.25, 0.3) is 0 Å². The number of nitrogens with one attached hydrogen (secondary N) is 2. The summed E-state index contributed by atoms with van der Waals surface area (Å²) >= 11 is 0. The second-order valence-corrected chi connectivity index (χ2v) is 8.75. The summed E-state index contributed by atoms with van der Waals surface area (Å²) in [6.45, 7) is 2.44. The van der Waals surface area contributed by atoms with Gasteiger partial charge in [-0.15, -0.1) is 0 Å². The van der Waals surface area contributed by atoms with E-state index in [9.17, 15) is 22.0 Å². The van der Waals surface area contributed by atoms with Crippen molar-refractivity contribution in [1.82, 2.24) is 20.2 Å². The highest BCUT2D eigenvalue weighted by atomic mass is 19.4. The zero-order chi connectivity index (χ0) is 26.4. The SMILES string of the molecule is Fc1cc(F)c2[nH]nc(Nc3nc(-c4ccccc4C(F)(F)F)nc4ccc(N5CCOCC5)cc34)c2c1. The monoisotopic (exact) mass is 526 g/mol. The van der Waals surface area contributed by atoms with Crippen molar-refractivity contribution in [3.05, 3.63) is 71.8 Å². The molecule has 3 aromatic carbocycles. The number of benzene rings is 3. The lowest BCUT2D eigenvalue weighted by molar-refractivity contribution is -0.137. The molecule has 12 heteroatoms. The molecule has 6 rings (SSSR count). The minimum Gasteiger partial charge on any atom is -0.378 e. The molecule has 0 atom stereocenters. The van der Waals surface area contributed by atoms with Crippen molar-refractivity contribution in [2.24, 2.45) is 0 Å². The lowest BCUT2D eigenvalue weighted by atomic mass is 10.1. The maximum absolute atomic E-state index is 14.3. The lowest BCUT2D eigenvalue weighted by Gasteiger charge is -2.29. The average molecular weight is 526 g/mol. The van der Waals surface area contributed by atoms with Gasteiger partial charge in [0, 0.05) is 35.8 Å². The van der Waals surface area contributed by atoms with Gasteiger partial charge in [-0.3, -0.25) is 5.10 Å². The Morgan fingerprint density at radius 3 is 2.47 bits per heavy atom. The van der Waals surface area contributed by atoms with Crippen molar-refractivity contribution in [3.8, 4) is 11.4 Å². The smallest absolute Gasteiger partial charge is 0.378 e. The van der Waals surface area contributed by atoms with Gasteiger partial charge in [-0.2, -0.15) is 18.3 Å². The molecule has 5 aromatic rings. The number of hydrogen-bond acceptors (Lipinski definition) is 6. The number of morpholine rings is 1. The second kappa shape index (κ2) is 9.21. The number of aromatic amines is 1. The first-order valence-corrected chi connectivity index (χ1v) is 11.7. The first-order valence-electron chi connectivity index (χ1n) is 11.7. The van der Waals surface area contributed by atoms with E-state index >= 15 is 0 Å². The molecule has 0 saturated carbocycles. The Kier molecular flexibility index (Phi) is 5.83. The largest absolute Gasteiger partial charge is 0.417 e. The van der Waals surface area contributed by atoms with Crippen molar-refractivity contribution >= 4 is 39.1 Å². The normalized spacial score (nSPS) is 14.4. The molecule has 38 heavy (non-hydrogen) atoms. The van der Waals surface area contributed by atoms with Gasteiger partial charge in [-0.25, -0.2) is 18.7 Å². The highest BCUT2D eigenvalue weighted by Gasteiger charge is 2.34. The molecule has 0 unspecified atom stereocenters. The number of alkyl halides is 3. The predicted octanol–water partition coefficient (Wildman–Crippen LogP) is 6.05. The Labute approximate surface area is 212 Å². The minimum absolute atomic E-state index is 0.0242. The fourth-order valence-electron chi connectivity index (χ4n) is 4.53. The Bertz CT molecular complexity index is 1660. The highest BCUT2D eigenvalue weighted by molar-refractivity contribution is 5.98. The van der Waals surface area contributed by atoms with Gasteiger partial charge in [0.1, 0.15) is 17.2 Å². The predicted molar refractivity (Wildman–Crippen MR) is 132 cm³/mol. The maximum Gasteiger partial charge on any atom is 0.417 e. The molecule has 0 amide bonds. The zero-order valence-corrected chi connectivity index (χ0v) is 19.6. The van der Waals surface area contributed by atoms with E-state index in [4.69, 9.17) is 4.74 Å². The van der Waals surface area contributed by atoms with Crippen molar-refractivity contribution in [3.63, 3.8) is 0 Å². The van der Waals surface area contributed by atoms with Crippen LogP contribution in [-0.2, 0) is 10.9 Å². The molecular formula is C26H19F5N6O. The quantitative estimate of drug-likeness (QED) is 0.278. The van der Waals surface area contributed by atoms with Gasteiger partial charge in [0.15, 0.2) is 17.5 Å². The van der Waals surface area contributed by atoms with E-state index in [1.807, 2.05) is 12.1 Å². The third-order valence-corrected chi connectivity index (χ3v) is 6.36. The number of anilines is 3. The molecule has 0 spiro atoms. The number of aromatic nitrogens is 4. The van der Waals surface area contributed by atoms with Crippen LogP contribution in [0.25, 0.3) is 33.2 Å². The van der Waals surface area contributed by atoms with E-state index in [0.717, 1.165) is 23.9 Å². The number of halogens is 5. The molecule has 7 nitrogen and oxygen atoms in total.